The summed E-state index contributed by atoms with van der Waals surface area (Å²) >= 11 is 3.55. The van der Waals surface area contributed by atoms with Crippen LogP contribution in [0, 0.1) is 5.92 Å². The molecule has 0 saturated carbocycles. The molecule has 1 atom stereocenters. The zero-order valence-corrected chi connectivity index (χ0v) is 11.7. The van der Waals surface area contributed by atoms with Crippen molar-refractivity contribution in [2.75, 3.05) is 13.1 Å². The Morgan fingerprint density at radius 3 is 2.62 bits per heavy atom. The monoisotopic (exact) mass is 281 g/mol. The summed E-state index contributed by atoms with van der Waals surface area (Å²) in [7, 11) is 0. The number of hydrogen-bond acceptors (Lipinski definition) is 1. The van der Waals surface area contributed by atoms with Crippen LogP contribution in [0.4, 0.5) is 0 Å². The Balaban J connectivity index is 2.04. The number of rotatable bonds is 2. The van der Waals surface area contributed by atoms with Gasteiger partial charge in [0.25, 0.3) is 0 Å². The van der Waals surface area contributed by atoms with Gasteiger partial charge in [-0.25, -0.2) is 0 Å². The van der Waals surface area contributed by atoms with Crippen molar-refractivity contribution in [2.24, 2.45) is 5.92 Å². The van der Waals surface area contributed by atoms with Crippen LogP contribution in [-0.2, 0) is 0 Å². The third kappa shape index (κ3) is 2.86. The lowest BCUT2D eigenvalue weighted by Crippen LogP contribution is -2.34. The largest absolute Gasteiger partial charge is 0.297 e. The molecule has 1 aliphatic heterocycles. The first-order valence-electron chi connectivity index (χ1n) is 6.16. The third-order valence-electron chi connectivity index (χ3n) is 3.70. The minimum Gasteiger partial charge on any atom is -0.297 e. The van der Waals surface area contributed by atoms with Gasteiger partial charge in [0, 0.05) is 10.5 Å². The standard InChI is InChI=1S/C14H20BrN/c1-11-6-8-16(9-7-11)12(2)13-4-3-5-14(15)10-13/h3-5,10-12H,6-9H2,1-2H3/t12-/m1/s1. The molecule has 1 aromatic rings. The second kappa shape index (κ2) is 5.33. The van der Waals surface area contributed by atoms with Gasteiger partial charge in [0.2, 0.25) is 0 Å². The summed E-state index contributed by atoms with van der Waals surface area (Å²) in [5.74, 6) is 0.908. The minimum atomic E-state index is 0.546. The first-order chi connectivity index (χ1) is 7.66. The van der Waals surface area contributed by atoms with Crippen LogP contribution in [0.25, 0.3) is 0 Å². The SMILES string of the molecule is CC1CCN([C@H](C)c2cccc(Br)c2)CC1. The Morgan fingerprint density at radius 2 is 2.00 bits per heavy atom. The molecule has 1 nitrogen and oxygen atoms in total. The molecule has 1 aromatic carbocycles. The van der Waals surface area contributed by atoms with Gasteiger partial charge in [0.15, 0.2) is 0 Å². The highest BCUT2D eigenvalue weighted by molar-refractivity contribution is 9.10. The maximum Gasteiger partial charge on any atom is 0.0320 e. The van der Waals surface area contributed by atoms with E-state index in [0.717, 1.165) is 5.92 Å². The highest BCUT2D eigenvalue weighted by Gasteiger charge is 2.21. The van der Waals surface area contributed by atoms with E-state index >= 15 is 0 Å². The molecule has 1 saturated heterocycles. The maximum absolute atomic E-state index is 3.55. The van der Waals surface area contributed by atoms with Gasteiger partial charge in [-0.1, -0.05) is 35.0 Å². The van der Waals surface area contributed by atoms with Crippen LogP contribution in [0.3, 0.4) is 0 Å². The van der Waals surface area contributed by atoms with Crippen LogP contribution in [0.2, 0.25) is 0 Å². The number of piperidine rings is 1. The fraction of sp³-hybridized carbons (Fsp3) is 0.571. The fourth-order valence-corrected chi connectivity index (χ4v) is 2.81. The molecule has 0 radical (unpaired) electrons. The average Bonchev–Trinajstić information content (AvgIpc) is 2.29. The van der Waals surface area contributed by atoms with Crippen molar-refractivity contribution in [3.05, 3.63) is 34.3 Å². The normalized spacial score (nSPS) is 20.9. The lowest BCUT2D eigenvalue weighted by atomic mass is 9.96. The second-order valence-corrected chi connectivity index (χ2v) is 5.87. The zero-order chi connectivity index (χ0) is 11.5. The molecule has 0 amide bonds. The molecular formula is C14H20BrN. The molecule has 0 spiro atoms. The average molecular weight is 282 g/mol. The molecule has 2 heteroatoms. The molecule has 2 rings (SSSR count). The molecule has 1 fully saturated rings. The first-order valence-corrected chi connectivity index (χ1v) is 6.95. The van der Waals surface area contributed by atoms with Crippen LogP contribution in [0.15, 0.2) is 28.7 Å². The van der Waals surface area contributed by atoms with Crippen molar-refractivity contribution in [1.29, 1.82) is 0 Å². The Hall–Kier alpha value is -0.340. The number of likely N-dealkylation sites (tertiary alicyclic amines) is 1. The first kappa shape index (κ1) is 12.1. The summed E-state index contributed by atoms with van der Waals surface area (Å²) in [5.41, 5.74) is 1.42. The molecule has 0 bridgehead atoms. The van der Waals surface area contributed by atoms with E-state index in [9.17, 15) is 0 Å². The minimum absolute atomic E-state index is 0.546. The molecule has 88 valence electrons. The fourth-order valence-electron chi connectivity index (χ4n) is 2.39. The Kier molecular flexibility index (Phi) is 4.04. The third-order valence-corrected chi connectivity index (χ3v) is 4.19. The molecule has 0 aliphatic carbocycles. The molecule has 0 aromatic heterocycles. The predicted molar refractivity (Wildman–Crippen MR) is 72.5 cm³/mol. The highest BCUT2D eigenvalue weighted by Crippen LogP contribution is 2.27. The molecule has 0 unspecified atom stereocenters. The van der Waals surface area contributed by atoms with Gasteiger partial charge in [0.1, 0.15) is 0 Å². The molecular weight excluding hydrogens is 262 g/mol. The molecule has 1 heterocycles. The van der Waals surface area contributed by atoms with Gasteiger partial charge >= 0.3 is 0 Å². The number of nitrogens with zero attached hydrogens (tertiary/aromatic N) is 1. The van der Waals surface area contributed by atoms with Crippen molar-refractivity contribution >= 4 is 15.9 Å². The summed E-state index contributed by atoms with van der Waals surface area (Å²) in [6, 6.07) is 9.23. The summed E-state index contributed by atoms with van der Waals surface area (Å²) in [6.45, 7) is 7.17. The van der Waals surface area contributed by atoms with Gasteiger partial charge in [-0.3, -0.25) is 4.90 Å². The smallest absolute Gasteiger partial charge is 0.0320 e. The summed E-state index contributed by atoms with van der Waals surface area (Å²) < 4.78 is 1.18. The molecule has 0 N–H and O–H groups in total. The van der Waals surface area contributed by atoms with Crippen LogP contribution >= 0.6 is 15.9 Å². The van der Waals surface area contributed by atoms with Gasteiger partial charge in [-0.05, 0) is 56.5 Å². The van der Waals surface area contributed by atoms with Crippen LogP contribution in [0.1, 0.15) is 38.3 Å². The highest BCUT2D eigenvalue weighted by atomic mass is 79.9. The van der Waals surface area contributed by atoms with Crippen LogP contribution in [-0.4, -0.2) is 18.0 Å². The molecule has 16 heavy (non-hydrogen) atoms. The predicted octanol–water partition coefficient (Wildman–Crippen LogP) is 4.24. The maximum atomic E-state index is 3.55. The van der Waals surface area contributed by atoms with E-state index in [2.05, 4.69) is 58.9 Å². The van der Waals surface area contributed by atoms with Crippen LogP contribution < -0.4 is 0 Å². The van der Waals surface area contributed by atoms with E-state index in [1.165, 1.54) is 36.0 Å². The van der Waals surface area contributed by atoms with Crippen molar-refractivity contribution in [3.63, 3.8) is 0 Å². The van der Waals surface area contributed by atoms with E-state index < -0.39 is 0 Å². The zero-order valence-electron chi connectivity index (χ0n) is 10.1. The van der Waals surface area contributed by atoms with Gasteiger partial charge in [-0.15, -0.1) is 0 Å². The summed E-state index contributed by atoms with van der Waals surface area (Å²) in [6.07, 6.45) is 2.69. The van der Waals surface area contributed by atoms with E-state index in [1.807, 2.05) is 0 Å². The lowest BCUT2D eigenvalue weighted by Gasteiger charge is -2.35. The van der Waals surface area contributed by atoms with Crippen LogP contribution in [0.5, 0.6) is 0 Å². The van der Waals surface area contributed by atoms with Gasteiger partial charge in [-0.2, -0.15) is 0 Å². The summed E-state index contributed by atoms with van der Waals surface area (Å²) in [5, 5.41) is 0. The number of benzene rings is 1. The Bertz CT molecular complexity index is 342. The van der Waals surface area contributed by atoms with E-state index in [1.54, 1.807) is 0 Å². The van der Waals surface area contributed by atoms with Crippen molar-refractivity contribution < 1.29 is 0 Å². The van der Waals surface area contributed by atoms with Crippen molar-refractivity contribution in [3.8, 4) is 0 Å². The Labute approximate surface area is 107 Å². The number of hydrogen-bond donors (Lipinski definition) is 0. The second-order valence-electron chi connectivity index (χ2n) is 4.95. The van der Waals surface area contributed by atoms with E-state index in [0.29, 0.717) is 6.04 Å². The van der Waals surface area contributed by atoms with E-state index in [4.69, 9.17) is 0 Å². The lowest BCUT2D eigenvalue weighted by molar-refractivity contribution is 0.147. The van der Waals surface area contributed by atoms with Crippen molar-refractivity contribution in [2.45, 2.75) is 32.7 Å². The Morgan fingerprint density at radius 1 is 1.31 bits per heavy atom. The quantitative estimate of drug-likeness (QED) is 0.784. The van der Waals surface area contributed by atoms with Gasteiger partial charge in [0.05, 0.1) is 0 Å². The number of halogens is 1. The summed E-state index contributed by atoms with van der Waals surface area (Å²) in [4.78, 5) is 2.60. The molecule has 1 aliphatic rings. The van der Waals surface area contributed by atoms with Gasteiger partial charge < -0.3 is 0 Å². The van der Waals surface area contributed by atoms with Crippen molar-refractivity contribution in [1.82, 2.24) is 4.90 Å². The topological polar surface area (TPSA) is 3.24 Å². The van der Waals surface area contributed by atoms with E-state index in [-0.39, 0.29) is 0 Å².